The van der Waals surface area contributed by atoms with Gasteiger partial charge in [-0.15, -0.1) is 0 Å². The molecule has 5 nitrogen and oxygen atoms in total. The van der Waals surface area contributed by atoms with Crippen molar-refractivity contribution in [3.63, 3.8) is 0 Å². The molecule has 2 unspecified atom stereocenters. The highest BCUT2D eigenvalue weighted by Crippen LogP contribution is 2.30. The monoisotopic (exact) mass is 266 g/mol. The zero-order valence-electron chi connectivity index (χ0n) is 12.3. The van der Waals surface area contributed by atoms with Gasteiger partial charge in [-0.05, 0) is 31.8 Å². The van der Waals surface area contributed by atoms with Crippen molar-refractivity contribution in [1.82, 2.24) is 15.0 Å². The summed E-state index contributed by atoms with van der Waals surface area (Å²) in [5, 5.41) is 4.03. The highest BCUT2D eigenvalue weighted by Gasteiger charge is 2.31. The molecule has 1 saturated carbocycles. The average molecular weight is 266 g/mol. The molecule has 0 amide bonds. The van der Waals surface area contributed by atoms with Crippen LogP contribution in [0.2, 0.25) is 0 Å². The van der Waals surface area contributed by atoms with Gasteiger partial charge in [-0.2, -0.15) is 4.98 Å². The average Bonchev–Trinajstić information content (AvgIpc) is 3.04. The second-order valence-corrected chi connectivity index (χ2v) is 5.76. The molecule has 19 heavy (non-hydrogen) atoms. The van der Waals surface area contributed by atoms with Crippen molar-refractivity contribution >= 4 is 0 Å². The number of hydrogen-bond donors (Lipinski definition) is 1. The Morgan fingerprint density at radius 1 is 1.42 bits per heavy atom. The lowest BCUT2D eigenvalue weighted by molar-refractivity contribution is 0.143. The molecule has 2 atom stereocenters. The first-order valence-electron chi connectivity index (χ1n) is 7.42. The van der Waals surface area contributed by atoms with Gasteiger partial charge in [-0.3, -0.25) is 4.90 Å². The van der Waals surface area contributed by atoms with Crippen LogP contribution in [0.1, 0.15) is 57.7 Å². The summed E-state index contributed by atoms with van der Waals surface area (Å²) in [7, 11) is 0. The molecule has 0 aliphatic heterocycles. The summed E-state index contributed by atoms with van der Waals surface area (Å²) in [6.45, 7) is 8.87. The number of aromatic nitrogens is 2. The van der Waals surface area contributed by atoms with Crippen molar-refractivity contribution in [3.8, 4) is 0 Å². The van der Waals surface area contributed by atoms with Gasteiger partial charge in [-0.25, -0.2) is 0 Å². The van der Waals surface area contributed by atoms with Gasteiger partial charge in [0.25, 0.3) is 0 Å². The zero-order valence-corrected chi connectivity index (χ0v) is 12.3. The molecule has 2 rings (SSSR count). The van der Waals surface area contributed by atoms with E-state index in [0.717, 1.165) is 31.3 Å². The van der Waals surface area contributed by atoms with Gasteiger partial charge in [0.05, 0.1) is 6.54 Å². The van der Waals surface area contributed by atoms with Crippen LogP contribution < -0.4 is 5.73 Å². The fourth-order valence-electron chi connectivity index (χ4n) is 2.98. The molecular weight excluding hydrogens is 240 g/mol. The van der Waals surface area contributed by atoms with Crippen LogP contribution in [0.25, 0.3) is 0 Å². The number of nitrogens with zero attached hydrogens (tertiary/aromatic N) is 3. The molecule has 2 N–H and O–H groups in total. The minimum atomic E-state index is 0.316. The Labute approximate surface area is 115 Å². The van der Waals surface area contributed by atoms with Crippen LogP contribution in [0, 0.1) is 5.92 Å². The maximum Gasteiger partial charge on any atom is 0.240 e. The van der Waals surface area contributed by atoms with Gasteiger partial charge in [-0.1, -0.05) is 32.3 Å². The van der Waals surface area contributed by atoms with E-state index in [2.05, 4.69) is 35.8 Å². The van der Waals surface area contributed by atoms with Crippen LogP contribution in [0.15, 0.2) is 4.52 Å². The van der Waals surface area contributed by atoms with E-state index in [9.17, 15) is 0 Å². The van der Waals surface area contributed by atoms with Gasteiger partial charge < -0.3 is 10.3 Å². The summed E-state index contributed by atoms with van der Waals surface area (Å²) >= 11 is 0. The fourth-order valence-corrected chi connectivity index (χ4v) is 2.98. The van der Waals surface area contributed by atoms with E-state index in [1.807, 2.05) is 0 Å². The Morgan fingerprint density at radius 2 is 2.21 bits per heavy atom. The molecular formula is C14H26N4O. The van der Waals surface area contributed by atoms with E-state index < -0.39 is 0 Å². The summed E-state index contributed by atoms with van der Waals surface area (Å²) in [6, 6.07) is 0.574. The summed E-state index contributed by atoms with van der Waals surface area (Å²) in [4.78, 5) is 6.90. The van der Waals surface area contributed by atoms with Gasteiger partial charge >= 0.3 is 0 Å². The number of hydrogen-bond acceptors (Lipinski definition) is 5. The zero-order chi connectivity index (χ0) is 13.8. The summed E-state index contributed by atoms with van der Waals surface area (Å²) in [5.74, 6) is 2.46. The smallest absolute Gasteiger partial charge is 0.240 e. The number of rotatable bonds is 6. The maximum atomic E-state index is 5.88. The summed E-state index contributed by atoms with van der Waals surface area (Å²) < 4.78 is 5.35. The maximum absolute atomic E-state index is 5.88. The molecule has 1 aromatic heterocycles. The van der Waals surface area contributed by atoms with E-state index in [1.54, 1.807) is 0 Å². The Bertz CT molecular complexity index is 391. The third kappa shape index (κ3) is 3.34. The lowest BCUT2D eigenvalue weighted by Gasteiger charge is -2.30. The van der Waals surface area contributed by atoms with Crippen LogP contribution in [0.4, 0.5) is 0 Å². The normalized spacial score (nSPS) is 23.7. The van der Waals surface area contributed by atoms with Crippen molar-refractivity contribution in [1.29, 1.82) is 0 Å². The summed E-state index contributed by atoms with van der Waals surface area (Å²) in [6.07, 6.45) is 3.77. The molecule has 1 fully saturated rings. The van der Waals surface area contributed by atoms with Crippen molar-refractivity contribution in [2.45, 2.75) is 58.5 Å². The second kappa shape index (κ2) is 6.48. The van der Waals surface area contributed by atoms with Crippen LogP contribution in [0.5, 0.6) is 0 Å². The van der Waals surface area contributed by atoms with Crippen molar-refractivity contribution < 1.29 is 4.52 Å². The minimum Gasteiger partial charge on any atom is -0.338 e. The van der Waals surface area contributed by atoms with Crippen LogP contribution in [-0.2, 0) is 6.54 Å². The molecule has 1 heterocycles. The summed E-state index contributed by atoms with van der Waals surface area (Å²) in [5.41, 5.74) is 5.88. The first kappa shape index (κ1) is 14.5. The SMILES string of the molecule is CCN(Cc1nc(C(C)C)no1)C1CCCC1CN. The minimum absolute atomic E-state index is 0.316. The molecule has 1 aromatic rings. The molecule has 5 heteroatoms. The van der Waals surface area contributed by atoms with E-state index in [1.165, 1.54) is 19.3 Å². The first-order chi connectivity index (χ1) is 9.15. The highest BCUT2D eigenvalue weighted by atomic mass is 16.5. The standard InChI is InChI=1S/C14H26N4O/c1-4-18(12-7-5-6-11(12)8-15)9-13-16-14(10(2)3)17-19-13/h10-12H,4-9,15H2,1-3H3. The van der Waals surface area contributed by atoms with Crippen LogP contribution in [0.3, 0.4) is 0 Å². The third-order valence-electron chi connectivity index (χ3n) is 4.14. The first-order valence-corrected chi connectivity index (χ1v) is 7.42. The molecule has 0 spiro atoms. The lowest BCUT2D eigenvalue weighted by Crippen LogP contribution is -2.39. The highest BCUT2D eigenvalue weighted by molar-refractivity contribution is 4.93. The van der Waals surface area contributed by atoms with Crippen molar-refractivity contribution in [2.75, 3.05) is 13.1 Å². The van der Waals surface area contributed by atoms with E-state index in [4.69, 9.17) is 10.3 Å². The Morgan fingerprint density at radius 3 is 2.79 bits per heavy atom. The van der Waals surface area contributed by atoms with Crippen LogP contribution >= 0.6 is 0 Å². The predicted molar refractivity (Wildman–Crippen MR) is 74.7 cm³/mol. The molecule has 0 aromatic carbocycles. The van der Waals surface area contributed by atoms with Crippen molar-refractivity contribution in [2.24, 2.45) is 11.7 Å². The van der Waals surface area contributed by atoms with Crippen molar-refractivity contribution in [3.05, 3.63) is 11.7 Å². The molecule has 0 radical (unpaired) electrons. The van der Waals surface area contributed by atoms with Gasteiger partial charge in [0.2, 0.25) is 5.89 Å². The van der Waals surface area contributed by atoms with E-state index in [0.29, 0.717) is 17.9 Å². The predicted octanol–water partition coefficient (Wildman–Crippen LogP) is 2.14. The van der Waals surface area contributed by atoms with Gasteiger partial charge in [0.15, 0.2) is 5.82 Å². The van der Waals surface area contributed by atoms with E-state index >= 15 is 0 Å². The number of nitrogens with two attached hydrogens (primary N) is 1. The topological polar surface area (TPSA) is 68.2 Å². The molecule has 0 bridgehead atoms. The van der Waals surface area contributed by atoms with Crippen LogP contribution in [-0.4, -0.2) is 34.2 Å². The quantitative estimate of drug-likeness (QED) is 0.854. The molecule has 0 saturated heterocycles. The third-order valence-corrected chi connectivity index (χ3v) is 4.14. The lowest BCUT2D eigenvalue weighted by atomic mass is 10.0. The fraction of sp³-hybridized carbons (Fsp3) is 0.857. The van der Waals surface area contributed by atoms with Gasteiger partial charge in [0.1, 0.15) is 0 Å². The van der Waals surface area contributed by atoms with E-state index in [-0.39, 0.29) is 0 Å². The Balaban J connectivity index is 2.01. The Hall–Kier alpha value is -0.940. The van der Waals surface area contributed by atoms with Gasteiger partial charge in [0, 0.05) is 12.0 Å². The second-order valence-electron chi connectivity index (χ2n) is 5.76. The Kier molecular flexibility index (Phi) is 4.93. The molecule has 1 aliphatic rings. The molecule has 108 valence electrons. The molecule has 1 aliphatic carbocycles. The largest absolute Gasteiger partial charge is 0.338 e.